The van der Waals surface area contributed by atoms with E-state index in [1.165, 1.54) is 0 Å². The van der Waals surface area contributed by atoms with Crippen molar-refractivity contribution in [3.05, 3.63) is 33.7 Å². The van der Waals surface area contributed by atoms with E-state index in [1.54, 1.807) is 12.3 Å². The van der Waals surface area contributed by atoms with Gasteiger partial charge in [-0.1, -0.05) is 27.7 Å². The summed E-state index contributed by atoms with van der Waals surface area (Å²) in [6.07, 6.45) is 1.79. The molecular formula is C11H19NO. The normalized spacial score (nSPS) is 9.38. The molecule has 0 unspecified atom stereocenters. The largest absolute Gasteiger partial charge is 0.365 e. The molecule has 0 aliphatic carbocycles. The van der Waals surface area contributed by atoms with Crippen LogP contribution in [0.15, 0.2) is 17.1 Å². The van der Waals surface area contributed by atoms with Crippen molar-refractivity contribution in [2.45, 2.75) is 40.5 Å². The Balaban J connectivity index is 0.000000671. The van der Waals surface area contributed by atoms with Gasteiger partial charge in [-0.15, -0.1) is 0 Å². The van der Waals surface area contributed by atoms with Crippen LogP contribution in [0.3, 0.4) is 0 Å². The van der Waals surface area contributed by atoms with Crippen LogP contribution in [-0.2, 0) is 0 Å². The Hall–Kier alpha value is -1.05. The highest BCUT2D eigenvalue weighted by Gasteiger charge is 2.02. The minimum absolute atomic E-state index is 0.135. The fourth-order valence-electron chi connectivity index (χ4n) is 1.04. The molecule has 0 bridgehead atoms. The van der Waals surface area contributed by atoms with Crippen molar-refractivity contribution >= 4 is 0 Å². The Bertz CT molecular complexity index is 299. The molecule has 0 atom stereocenters. The first kappa shape index (κ1) is 11.9. The fourth-order valence-corrected chi connectivity index (χ4v) is 1.04. The highest BCUT2D eigenvalue weighted by atomic mass is 16.1. The van der Waals surface area contributed by atoms with Gasteiger partial charge in [0, 0.05) is 23.5 Å². The second kappa shape index (κ2) is 5.57. The molecule has 0 radical (unpaired) electrons. The van der Waals surface area contributed by atoms with Crippen molar-refractivity contribution < 1.29 is 0 Å². The molecule has 0 saturated heterocycles. The predicted molar refractivity (Wildman–Crippen MR) is 57.2 cm³/mol. The van der Waals surface area contributed by atoms with Gasteiger partial charge in [0.25, 0.3) is 0 Å². The van der Waals surface area contributed by atoms with E-state index < -0.39 is 0 Å². The Labute approximate surface area is 80.0 Å². The summed E-state index contributed by atoms with van der Waals surface area (Å²) < 4.78 is 0. The summed E-state index contributed by atoms with van der Waals surface area (Å²) in [5, 5.41) is 0. The lowest BCUT2D eigenvalue weighted by atomic mass is 10.1. The maximum absolute atomic E-state index is 11.3. The molecule has 0 aromatic carbocycles. The highest BCUT2D eigenvalue weighted by molar-refractivity contribution is 5.16. The summed E-state index contributed by atoms with van der Waals surface area (Å²) in [5.41, 5.74) is 1.91. The number of hydrogen-bond donors (Lipinski definition) is 1. The first-order valence-electron chi connectivity index (χ1n) is 4.80. The van der Waals surface area contributed by atoms with Crippen LogP contribution in [-0.4, -0.2) is 4.98 Å². The number of H-pyrrole nitrogens is 1. The second-order valence-corrected chi connectivity index (χ2v) is 3.09. The van der Waals surface area contributed by atoms with Crippen LogP contribution >= 0.6 is 0 Å². The van der Waals surface area contributed by atoms with Crippen molar-refractivity contribution in [3.8, 4) is 0 Å². The molecule has 1 rings (SSSR count). The second-order valence-electron chi connectivity index (χ2n) is 3.09. The molecule has 0 spiro atoms. The lowest BCUT2D eigenvalue weighted by molar-refractivity contribution is 0.845. The molecule has 1 aromatic rings. The molecule has 0 aliphatic heterocycles. The number of rotatable bonds is 1. The van der Waals surface area contributed by atoms with Gasteiger partial charge >= 0.3 is 0 Å². The van der Waals surface area contributed by atoms with E-state index >= 15 is 0 Å². The highest BCUT2D eigenvalue weighted by Crippen LogP contribution is 2.07. The summed E-state index contributed by atoms with van der Waals surface area (Å²) in [6.45, 7) is 9.91. The van der Waals surface area contributed by atoms with Crippen LogP contribution in [0.25, 0.3) is 0 Å². The zero-order valence-corrected chi connectivity index (χ0v) is 9.14. The fraction of sp³-hybridized carbons (Fsp3) is 0.545. The topological polar surface area (TPSA) is 32.9 Å². The van der Waals surface area contributed by atoms with Crippen LogP contribution in [0.1, 0.15) is 44.9 Å². The van der Waals surface area contributed by atoms with E-state index in [9.17, 15) is 4.79 Å². The SMILES string of the molecule is CC.Cc1cc(=O)c(C(C)C)c[nH]1. The molecule has 1 aromatic heterocycles. The summed E-state index contributed by atoms with van der Waals surface area (Å²) in [6, 6.07) is 1.63. The van der Waals surface area contributed by atoms with Gasteiger partial charge in [-0.05, 0) is 12.8 Å². The zero-order chi connectivity index (χ0) is 10.4. The van der Waals surface area contributed by atoms with E-state index in [0.717, 1.165) is 11.3 Å². The van der Waals surface area contributed by atoms with Crippen molar-refractivity contribution in [3.63, 3.8) is 0 Å². The van der Waals surface area contributed by atoms with E-state index in [-0.39, 0.29) is 5.43 Å². The first-order chi connectivity index (χ1) is 6.11. The van der Waals surface area contributed by atoms with E-state index in [1.807, 2.05) is 34.6 Å². The number of aryl methyl sites for hydroxylation is 1. The summed E-state index contributed by atoms with van der Waals surface area (Å²) in [5.74, 6) is 0.305. The van der Waals surface area contributed by atoms with Gasteiger partial charge in [0.15, 0.2) is 5.43 Å². The molecule has 0 aliphatic rings. The number of hydrogen-bond acceptors (Lipinski definition) is 1. The number of aromatic amines is 1. The van der Waals surface area contributed by atoms with Gasteiger partial charge in [-0.25, -0.2) is 0 Å². The van der Waals surface area contributed by atoms with Gasteiger partial charge < -0.3 is 4.98 Å². The van der Waals surface area contributed by atoms with Crippen molar-refractivity contribution in [2.24, 2.45) is 0 Å². The Kier molecular flexibility index (Phi) is 5.12. The van der Waals surface area contributed by atoms with Crippen LogP contribution in [0.2, 0.25) is 0 Å². The zero-order valence-electron chi connectivity index (χ0n) is 9.14. The molecule has 0 fully saturated rings. The average Bonchev–Trinajstić information content (AvgIpc) is 2.07. The van der Waals surface area contributed by atoms with Crippen LogP contribution in [0.4, 0.5) is 0 Å². The molecule has 0 saturated carbocycles. The lowest BCUT2D eigenvalue weighted by Crippen LogP contribution is -2.10. The third-order valence-electron chi connectivity index (χ3n) is 1.71. The maximum atomic E-state index is 11.3. The van der Waals surface area contributed by atoms with Gasteiger partial charge in [-0.3, -0.25) is 4.79 Å². The first-order valence-corrected chi connectivity index (χ1v) is 4.80. The number of aromatic nitrogens is 1. The third kappa shape index (κ3) is 3.45. The third-order valence-corrected chi connectivity index (χ3v) is 1.71. The lowest BCUT2D eigenvalue weighted by Gasteiger charge is -2.02. The Morgan fingerprint density at radius 3 is 2.23 bits per heavy atom. The van der Waals surface area contributed by atoms with Gasteiger partial charge in [0.05, 0.1) is 0 Å². The van der Waals surface area contributed by atoms with Crippen LogP contribution in [0, 0.1) is 6.92 Å². The monoisotopic (exact) mass is 181 g/mol. The average molecular weight is 181 g/mol. The molecule has 2 nitrogen and oxygen atoms in total. The van der Waals surface area contributed by atoms with Gasteiger partial charge in [0.2, 0.25) is 0 Å². The summed E-state index contributed by atoms with van der Waals surface area (Å²) >= 11 is 0. The van der Waals surface area contributed by atoms with Crippen molar-refractivity contribution in [1.82, 2.24) is 4.98 Å². The smallest absolute Gasteiger partial charge is 0.185 e. The van der Waals surface area contributed by atoms with Crippen LogP contribution < -0.4 is 5.43 Å². The summed E-state index contributed by atoms with van der Waals surface area (Å²) in [4.78, 5) is 14.3. The molecule has 1 N–H and O–H groups in total. The van der Waals surface area contributed by atoms with Crippen molar-refractivity contribution in [2.75, 3.05) is 0 Å². The van der Waals surface area contributed by atoms with E-state index in [0.29, 0.717) is 5.92 Å². The predicted octanol–water partition coefficient (Wildman–Crippen LogP) is 2.83. The molecule has 0 amide bonds. The maximum Gasteiger partial charge on any atom is 0.185 e. The molecule has 13 heavy (non-hydrogen) atoms. The number of pyridine rings is 1. The van der Waals surface area contributed by atoms with Crippen molar-refractivity contribution in [1.29, 1.82) is 0 Å². The van der Waals surface area contributed by atoms with Crippen LogP contribution in [0.5, 0.6) is 0 Å². The standard InChI is InChI=1S/C9H13NO.C2H6/c1-6(2)8-5-10-7(3)4-9(8)11;1-2/h4-6H,1-3H3,(H,10,11);1-2H3. The van der Waals surface area contributed by atoms with E-state index in [4.69, 9.17) is 0 Å². The Morgan fingerprint density at radius 2 is 1.85 bits per heavy atom. The van der Waals surface area contributed by atoms with Gasteiger partial charge in [-0.2, -0.15) is 0 Å². The van der Waals surface area contributed by atoms with Gasteiger partial charge in [0.1, 0.15) is 0 Å². The molecular weight excluding hydrogens is 162 g/mol. The minimum Gasteiger partial charge on any atom is -0.365 e. The quantitative estimate of drug-likeness (QED) is 0.710. The Morgan fingerprint density at radius 1 is 1.31 bits per heavy atom. The molecule has 2 heteroatoms. The number of nitrogens with one attached hydrogen (secondary N) is 1. The minimum atomic E-state index is 0.135. The molecule has 74 valence electrons. The van der Waals surface area contributed by atoms with E-state index in [2.05, 4.69) is 4.98 Å². The summed E-state index contributed by atoms with van der Waals surface area (Å²) in [7, 11) is 0. The molecule has 1 heterocycles.